The van der Waals surface area contributed by atoms with Gasteiger partial charge in [0.2, 0.25) is 5.91 Å². The summed E-state index contributed by atoms with van der Waals surface area (Å²) in [5, 5.41) is 0. The SMILES string of the molecule is N[C@@H]1CC[C@H](C(=O)N2Cc3ccccc3C2)C1. The van der Waals surface area contributed by atoms with E-state index in [9.17, 15) is 4.79 Å². The fourth-order valence-corrected chi connectivity index (χ4v) is 2.99. The molecule has 0 saturated heterocycles. The number of nitrogens with zero attached hydrogens (tertiary/aromatic N) is 1. The second-order valence-electron chi connectivity index (χ2n) is 5.23. The number of carbonyl (C=O) groups excluding carboxylic acids is 1. The Kier molecular flexibility index (Phi) is 2.63. The second kappa shape index (κ2) is 4.15. The van der Waals surface area contributed by atoms with Crippen molar-refractivity contribution in [3.63, 3.8) is 0 Å². The van der Waals surface area contributed by atoms with Gasteiger partial charge in [-0.15, -0.1) is 0 Å². The molecule has 0 bridgehead atoms. The zero-order valence-corrected chi connectivity index (χ0v) is 9.93. The molecule has 1 aliphatic heterocycles. The smallest absolute Gasteiger partial charge is 0.226 e. The lowest BCUT2D eigenvalue weighted by Gasteiger charge is -2.19. The Labute approximate surface area is 102 Å². The molecule has 0 radical (unpaired) electrons. The van der Waals surface area contributed by atoms with Crippen LogP contribution in [0.3, 0.4) is 0 Å². The van der Waals surface area contributed by atoms with E-state index in [1.165, 1.54) is 11.1 Å². The number of benzene rings is 1. The Morgan fingerprint density at radius 2 is 1.82 bits per heavy atom. The van der Waals surface area contributed by atoms with Gasteiger partial charge in [0.15, 0.2) is 0 Å². The molecule has 1 fully saturated rings. The fourth-order valence-electron chi connectivity index (χ4n) is 2.99. The summed E-state index contributed by atoms with van der Waals surface area (Å²) >= 11 is 0. The highest BCUT2D eigenvalue weighted by atomic mass is 16.2. The molecule has 1 amide bonds. The van der Waals surface area contributed by atoms with Crippen LogP contribution in [0.1, 0.15) is 30.4 Å². The Bertz CT molecular complexity index is 419. The summed E-state index contributed by atoms with van der Waals surface area (Å²) in [6.07, 6.45) is 2.83. The minimum absolute atomic E-state index is 0.166. The highest BCUT2D eigenvalue weighted by Gasteiger charge is 2.33. The molecule has 1 aliphatic carbocycles. The van der Waals surface area contributed by atoms with Crippen LogP contribution in [0.25, 0.3) is 0 Å². The molecule has 2 aliphatic rings. The number of carbonyl (C=O) groups is 1. The van der Waals surface area contributed by atoms with E-state index in [1.807, 2.05) is 17.0 Å². The lowest BCUT2D eigenvalue weighted by atomic mass is 10.1. The molecule has 1 heterocycles. The van der Waals surface area contributed by atoms with E-state index >= 15 is 0 Å². The van der Waals surface area contributed by atoms with Gasteiger partial charge in [-0.25, -0.2) is 0 Å². The summed E-state index contributed by atoms with van der Waals surface area (Å²) in [5.74, 6) is 0.466. The normalized spacial score (nSPS) is 27.2. The summed E-state index contributed by atoms with van der Waals surface area (Å²) in [6, 6.07) is 8.54. The number of hydrogen-bond donors (Lipinski definition) is 1. The van der Waals surface area contributed by atoms with Gasteiger partial charge in [-0.05, 0) is 30.4 Å². The molecule has 3 nitrogen and oxygen atoms in total. The molecule has 3 rings (SSSR count). The van der Waals surface area contributed by atoms with E-state index in [1.54, 1.807) is 0 Å². The van der Waals surface area contributed by atoms with Gasteiger partial charge in [0, 0.05) is 25.0 Å². The zero-order valence-electron chi connectivity index (χ0n) is 9.93. The third-order valence-electron chi connectivity index (χ3n) is 3.97. The van der Waals surface area contributed by atoms with E-state index in [4.69, 9.17) is 5.73 Å². The Morgan fingerprint density at radius 1 is 1.18 bits per heavy atom. The minimum Gasteiger partial charge on any atom is -0.334 e. The van der Waals surface area contributed by atoms with Crippen molar-refractivity contribution in [2.75, 3.05) is 0 Å². The molecule has 2 N–H and O–H groups in total. The number of amides is 1. The first-order valence-corrected chi connectivity index (χ1v) is 6.35. The molecule has 90 valence electrons. The Balaban J connectivity index is 1.70. The second-order valence-corrected chi connectivity index (χ2v) is 5.23. The van der Waals surface area contributed by atoms with Gasteiger partial charge in [0.1, 0.15) is 0 Å². The van der Waals surface area contributed by atoms with Crippen molar-refractivity contribution >= 4 is 5.91 Å². The quantitative estimate of drug-likeness (QED) is 0.797. The van der Waals surface area contributed by atoms with Crippen LogP contribution in [-0.4, -0.2) is 16.8 Å². The van der Waals surface area contributed by atoms with Crippen molar-refractivity contribution in [3.05, 3.63) is 35.4 Å². The van der Waals surface area contributed by atoms with Crippen molar-refractivity contribution in [3.8, 4) is 0 Å². The van der Waals surface area contributed by atoms with Crippen LogP contribution in [0.4, 0.5) is 0 Å². The van der Waals surface area contributed by atoms with Gasteiger partial charge < -0.3 is 10.6 Å². The first-order valence-electron chi connectivity index (χ1n) is 6.35. The van der Waals surface area contributed by atoms with Gasteiger partial charge in [-0.2, -0.15) is 0 Å². The Morgan fingerprint density at radius 3 is 2.35 bits per heavy atom. The molecule has 3 heteroatoms. The van der Waals surface area contributed by atoms with E-state index in [-0.39, 0.29) is 12.0 Å². The highest BCUT2D eigenvalue weighted by molar-refractivity contribution is 5.80. The van der Waals surface area contributed by atoms with Gasteiger partial charge in [0.05, 0.1) is 0 Å². The fraction of sp³-hybridized carbons (Fsp3) is 0.500. The Hall–Kier alpha value is -1.35. The molecular formula is C14H18N2O. The highest BCUT2D eigenvalue weighted by Crippen LogP contribution is 2.30. The first-order chi connectivity index (χ1) is 8.24. The maximum atomic E-state index is 12.3. The molecule has 0 spiro atoms. The zero-order chi connectivity index (χ0) is 11.8. The summed E-state index contributed by atoms with van der Waals surface area (Å²) in [7, 11) is 0. The van der Waals surface area contributed by atoms with Crippen molar-refractivity contribution in [1.29, 1.82) is 0 Å². The molecule has 1 aromatic carbocycles. The van der Waals surface area contributed by atoms with Gasteiger partial charge in [-0.1, -0.05) is 24.3 Å². The average Bonchev–Trinajstić information content (AvgIpc) is 2.93. The summed E-state index contributed by atoms with van der Waals surface area (Å²) in [4.78, 5) is 14.3. The lowest BCUT2D eigenvalue weighted by Crippen LogP contribution is -2.31. The largest absolute Gasteiger partial charge is 0.334 e. The molecule has 17 heavy (non-hydrogen) atoms. The van der Waals surface area contributed by atoms with Crippen LogP contribution < -0.4 is 5.73 Å². The molecule has 0 aromatic heterocycles. The van der Waals surface area contributed by atoms with Crippen molar-refractivity contribution in [2.45, 2.75) is 38.4 Å². The van der Waals surface area contributed by atoms with Crippen LogP contribution in [0.15, 0.2) is 24.3 Å². The number of rotatable bonds is 1. The predicted molar refractivity (Wildman–Crippen MR) is 66.0 cm³/mol. The summed E-state index contributed by atoms with van der Waals surface area (Å²) in [5.41, 5.74) is 8.46. The average molecular weight is 230 g/mol. The number of fused-ring (bicyclic) bond motifs is 1. The number of hydrogen-bond acceptors (Lipinski definition) is 2. The van der Waals surface area contributed by atoms with Crippen molar-refractivity contribution in [2.24, 2.45) is 11.7 Å². The van der Waals surface area contributed by atoms with Crippen LogP contribution >= 0.6 is 0 Å². The van der Waals surface area contributed by atoms with Crippen LogP contribution in [0, 0.1) is 5.92 Å². The number of nitrogens with two attached hydrogens (primary N) is 1. The maximum Gasteiger partial charge on any atom is 0.226 e. The van der Waals surface area contributed by atoms with E-state index in [2.05, 4.69) is 12.1 Å². The topological polar surface area (TPSA) is 46.3 Å². The molecule has 1 saturated carbocycles. The molecule has 0 unspecified atom stereocenters. The standard InChI is InChI=1S/C14H18N2O/c15-13-6-5-10(7-13)14(17)16-8-11-3-1-2-4-12(11)9-16/h1-4,10,13H,5-9,15H2/t10-,13+/m0/s1. The van der Waals surface area contributed by atoms with Crippen molar-refractivity contribution < 1.29 is 4.79 Å². The van der Waals surface area contributed by atoms with Gasteiger partial charge in [0.25, 0.3) is 0 Å². The monoisotopic (exact) mass is 230 g/mol. The van der Waals surface area contributed by atoms with Crippen LogP contribution in [0.2, 0.25) is 0 Å². The van der Waals surface area contributed by atoms with Gasteiger partial charge in [-0.3, -0.25) is 4.79 Å². The van der Waals surface area contributed by atoms with Crippen molar-refractivity contribution in [1.82, 2.24) is 4.90 Å². The van der Waals surface area contributed by atoms with E-state index in [0.29, 0.717) is 5.91 Å². The predicted octanol–water partition coefficient (Wildman–Crippen LogP) is 1.66. The third-order valence-corrected chi connectivity index (χ3v) is 3.97. The minimum atomic E-state index is 0.166. The first kappa shape index (κ1) is 10.8. The molecular weight excluding hydrogens is 212 g/mol. The molecule has 2 atom stereocenters. The van der Waals surface area contributed by atoms with Crippen LogP contribution in [-0.2, 0) is 17.9 Å². The van der Waals surface area contributed by atoms with E-state index in [0.717, 1.165) is 32.4 Å². The summed E-state index contributed by atoms with van der Waals surface area (Å²) < 4.78 is 0. The lowest BCUT2D eigenvalue weighted by molar-refractivity contribution is -0.136. The maximum absolute atomic E-state index is 12.3. The van der Waals surface area contributed by atoms with Gasteiger partial charge >= 0.3 is 0 Å². The van der Waals surface area contributed by atoms with E-state index < -0.39 is 0 Å². The summed E-state index contributed by atoms with van der Waals surface area (Å²) in [6.45, 7) is 1.56. The molecule has 1 aromatic rings. The third kappa shape index (κ3) is 1.95. The van der Waals surface area contributed by atoms with Crippen LogP contribution in [0.5, 0.6) is 0 Å².